The summed E-state index contributed by atoms with van der Waals surface area (Å²) in [7, 11) is 0. The lowest BCUT2D eigenvalue weighted by Gasteiger charge is -2.03. The van der Waals surface area contributed by atoms with Crippen molar-refractivity contribution >= 4 is 40.4 Å². The molecule has 0 unspecified atom stereocenters. The van der Waals surface area contributed by atoms with E-state index in [4.69, 9.17) is 34.8 Å². The highest BCUT2D eigenvalue weighted by atomic mass is 35.5. The van der Waals surface area contributed by atoms with E-state index >= 15 is 0 Å². The van der Waals surface area contributed by atoms with Gasteiger partial charge in [0.2, 0.25) is 0 Å². The van der Waals surface area contributed by atoms with E-state index in [0.717, 1.165) is 11.4 Å². The number of aromatic nitrogens is 4. The Hall–Kier alpha value is -1.36. The fraction of sp³-hybridized carbons (Fsp3) is 0.0833. The largest absolute Gasteiger partial charge is 0.266 e. The number of fused-ring (bicyclic) bond motifs is 1. The van der Waals surface area contributed by atoms with Crippen molar-refractivity contribution in [1.82, 2.24) is 19.6 Å². The van der Waals surface area contributed by atoms with Crippen LogP contribution in [0.1, 0.15) is 11.4 Å². The average Bonchev–Trinajstić information content (AvgIpc) is 2.79. The van der Waals surface area contributed by atoms with Gasteiger partial charge in [0.1, 0.15) is 11.0 Å². The molecule has 2 aromatic heterocycles. The predicted octanol–water partition coefficient (Wildman–Crippen LogP) is 3.68. The standard InChI is InChI=1S/C12H7Cl3N4/c13-8-2-1-7(3-9(8)14)4-11-17-18-12-6-16-5-10(15)19(11)12/h1-3,5-6H,4H2. The molecule has 0 atom stereocenters. The Morgan fingerprint density at radius 3 is 2.63 bits per heavy atom. The van der Waals surface area contributed by atoms with E-state index in [2.05, 4.69) is 15.2 Å². The topological polar surface area (TPSA) is 43.1 Å². The van der Waals surface area contributed by atoms with Crippen molar-refractivity contribution < 1.29 is 0 Å². The average molecular weight is 314 g/mol. The summed E-state index contributed by atoms with van der Waals surface area (Å²) >= 11 is 18.0. The molecule has 0 fully saturated rings. The number of hydrogen-bond acceptors (Lipinski definition) is 3. The number of benzene rings is 1. The number of halogens is 3. The van der Waals surface area contributed by atoms with Crippen LogP contribution in [0, 0.1) is 0 Å². The highest BCUT2D eigenvalue weighted by Crippen LogP contribution is 2.24. The smallest absolute Gasteiger partial charge is 0.180 e. The second-order valence-corrected chi connectivity index (χ2v) is 5.17. The Bertz CT molecular complexity index is 754. The molecule has 0 radical (unpaired) electrons. The monoisotopic (exact) mass is 312 g/mol. The Morgan fingerprint density at radius 1 is 1.00 bits per heavy atom. The first-order valence-electron chi connectivity index (χ1n) is 5.42. The lowest BCUT2D eigenvalue weighted by atomic mass is 10.1. The molecule has 3 aromatic rings. The van der Waals surface area contributed by atoms with Crippen molar-refractivity contribution in [3.8, 4) is 0 Å². The predicted molar refractivity (Wildman–Crippen MR) is 75.1 cm³/mol. The molecule has 1 aromatic carbocycles. The van der Waals surface area contributed by atoms with Crippen molar-refractivity contribution in [2.24, 2.45) is 0 Å². The maximum atomic E-state index is 6.10. The molecule has 0 aliphatic carbocycles. The molecule has 0 saturated heterocycles. The molecule has 19 heavy (non-hydrogen) atoms. The van der Waals surface area contributed by atoms with Gasteiger partial charge in [-0.25, -0.2) is 0 Å². The molecule has 0 aliphatic rings. The van der Waals surface area contributed by atoms with Crippen LogP contribution in [-0.4, -0.2) is 19.6 Å². The first-order valence-corrected chi connectivity index (χ1v) is 6.56. The summed E-state index contributed by atoms with van der Waals surface area (Å²) in [5.74, 6) is 0.723. The zero-order valence-electron chi connectivity index (χ0n) is 9.52. The maximum Gasteiger partial charge on any atom is 0.180 e. The lowest BCUT2D eigenvalue weighted by Crippen LogP contribution is -1.98. The third kappa shape index (κ3) is 2.39. The van der Waals surface area contributed by atoms with Crippen LogP contribution in [0.4, 0.5) is 0 Å². The van der Waals surface area contributed by atoms with E-state index in [9.17, 15) is 0 Å². The molecule has 0 aliphatic heterocycles. The van der Waals surface area contributed by atoms with Gasteiger partial charge in [0.25, 0.3) is 0 Å². The summed E-state index contributed by atoms with van der Waals surface area (Å²) in [6.07, 6.45) is 3.72. The molecule has 0 spiro atoms. The third-order valence-corrected chi connectivity index (χ3v) is 3.69. The molecule has 0 saturated carbocycles. The normalized spacial score (nSPS) is 11.1. The van der Waals surface area contributed by atoms with Gasteiger partial charge in [0, 0.05) is 6.42 Å². The summed E-state index contributed by atoms with van der Waals surface area (Å²) in [5.41, 5.74) is 1.60. The van der Waals surface area contributed by atoms with E-state index in [0.29, 0.717) is 27.3 Å². The summed E-state index contributed by atoms with van der Waals surface area (Å²) in [6, 6.07) is 5.45. The third-order valence-electron chi connectivity index (χ3n) is 2.69. The Balaban J connectivity index is 2.03. The number of nitrogens with zero attached hydrogens (tertiary/aromatic N) is 4. The fourth-order valence-corrected chi connectivity index (χ4v) is 2.38. The molecular weight excluding hydrogens is 307 g/mol. The van der Waals surface area contributed by atoms with Crippen LogP contribution in [0.15, 0.2) is 30.6 Å². The zero-order chi connectivity index (χ0) is 13.4. The Labute approximate surface area is 124 Å². The summed E-state index contributed by atoms with van der Waals surface area (Å²) in [6.45, 7) is 0. The molecule has 4 nitrogen and oxygen atoms in total. The van der Waals surface area contributed by atoms with Crippen molar-refractivity contribution in [3.63, 3.8) is 0 Å². The van der Waals surface area contributed by atoms with Crippen LogP contribution < -0.4 is 0 Å². The number of rotatable bonds is 2. The molecule has 3 rings (SSSR count). The number of hydrogen-bond donors (Lipinski definition) is 0. The van der Waals surface area contributed by atoms with Gasteiger partial charge in [-0.3, -0.25) is 9.38 Å². The maximum absolute atomic E-state index is 6.10. The van der Waals surface area contributed by atoms with E-state index < -0.39 is 0 Å². The van der Waals surface area contributed by atoms with Gasteiger partial charge in [0.05, 0.1) is 22.4 Å². The van der Waals surface area contributed by atoms with Gasteiger partial charge in [-0.05, 0) is 17.7 Å². The second kappa shape index (κ2) is 4.96. The van der Waals surface area contributed by atoms with Crippen LogP contribution >= 0.6 is 34.8 Å². The molecule has 96 valence electrons. The first kappa shape index (κ1) is 12.7. The van der Waals surface area contributed by atoms with E-state index in [1.165, 1.54) is 0 Å². The van der Waals surface area contributed by atoms with Crippen molar-refractivity contribution in [2.75, 3.05) is 0 Å². The van der Waals surface area contributed by atoms with Crippen LogP contribution in [0.3, 0.4) is 0 Å². The summed E-state index contributed by atoms with van der Waals surface area (Å²) in [5, 5.41) is 9.65. The molecular formula is C12H7Cl3N4. The highest BCUT2D eigenvalue weighted by molar-refractivity contribution is 6.42. The zero-order valence-corrected chi connectivity index (χ0v) is 11.8. The van der Waals surface area contributed by atoms with Gasteiger partial charge in [-0.2, -0.15) is 0 Å². The SMILES string of the molecule is Clc1ccc(Cc2nnc3cncc(Cl)n23)cc1Cl. The van der Waals surface area contributed by atoms with Crippen LogP contribution in [-0.2, 0) is 6.42 Å². The van der Waals surface area contributed by atoms with Crippen LogP contribution in [0.5, 0.6) is 0 Å². The van der Waals surface area contributed by atoms with Crippen LogP contribution in [0.2, 0.25) is 15.2 Å². The molecule has 2 heterocycles. The summed E-state index contributed by atoms with van der Waals surface area (Å²) < 4.78 is 1.75. The lowest BCUT2D eigenvalue weighted by molar-refractivity contribution is 0.932. The minimum atomic E-state index is 0.470. The van der Waals surface area contributed by atoms with E-state index in [-0.39, 0.29) is 0 Å². The van der Waals surface area contributed by atoms with Gasteiger partial charge in [-0.1, -0.05) is 40.9 Å². The first-order chi connectivity index (χ1) is 9.15. The van der Waals surface area contributed by atoms with Crippen molar-refractivity contribution in [2.45, 2.75) is 6.42 Å². The van der Waals surface area contributed by atoms with Gasteiger partial charge < -0.3 is 0 Å². The van der Waals surface area contributed by atoms with Gasteiger partial charge in [-0.15, -0.1) is 10.2 Å². The highest BCUT2D eigenvalue weighted by Gasteiger charge is 2.10. The minimum Gasteiger partial charge on any atom is -0.266 e. The fourth-order valence-electron chi connectivity index (χ4n) is 1.82. The molecule has 0 N–H and O–H groups in total. The van der Waals surface area contributed by atoms with Crippen molar-refractivity contribution in [1.29, 1.82) is 0 Å². The Morgan fingerprint density at radius 2 is 1.84 bits per heavy atom. The van der Waals surface area contributed by atoms with Gasteiger partial charge >= 0.3 is 0 Å². The quantitative estimate of drug-likeness (QED) is 0.725. The van der Waals surface area contributed by atoms with Crippen molar-refractivity contribution in [3.05, 3.63) is 57.2 Å². The Kier molecular flexibility index (Phi) is 3.31. The summed E-state index contributed by atoms with van der Waals surface area (Å²) in [4.78, 5) is 3.96. The second-order valence-electron chi connectivity index (χ2n) is 3.97. The molecule has 0 amide bonds. The molecule has 7 heteroatoms. The minimum absolute atomic E-state index is 0.470. The van der Waals surface area contributed by atoms with E-state index in [1.54, 1.807) is 28.9 Å². The van der Waals surface area contributed by atoms with E-state index in [1.807, 2.05) is 6.07 Å². The molecule has 0 bridgehead atoms. The van der Waals surface area contributed by atoms with Gasteiger partial charge in [0.15, 0.2) is 5.65 Å². The van der Waals surface area contributed by atoms with Crippen LogP contribution in [0.25, 0.3) is 5.65 Å².